The van der Waals surface area contributed by atoms with Gasteiger partial charge in [0.1, 0.15) is 11.8 Å². The summed E-state index contributed by atoms with van der Waals surface area (Å²) < 4.78 is 4.64. The topological polar surface area (TPSA) is 80.3 Å². The summed E-state index contributed by atoms with van der Waals surface area (Å²) in [4.78, 5) is 15.0. The Balaban J connectivity index is 2.71. The Bertz CT molecular complexity index is 223. The SMILES string of the molecule is CN1CN=COC1=N[N+](=O)[O-]. The van der Waals surface area contributed by atoms with Crippen LogP contribution < -0.4 is 0 Å². The van der Waals surface area contributed by atoms with Gasteiger partial charge in [0.05, 0.1) is 0 Å². The number of amidine groups is 1. The Morgan fingerprint density at radius 1 is 2.00 bits per heavy atom. The van der Waals surface area contributed by atoms with E-state index in [0.29, 0.717) is 6.67 Å². The first-order valence-electron chi connectivity index (χ1n) is 2.79. The van der Waals surface area contributed by atoms with E-state index in [1.54, 1.807) is 7.05 Å². The Morgan fingerprint density at radius 3 is 3.27 bits per heavy atom. The molecule has 0 saturated heterocycles. The van der Waals surface area contributed by atoms with E-state index < -0.39 is 5.03 Å². The molecule has 0 atom stereocenters. The predicted octanol–water partition coefficient (Wildman–Crippen LogP) is -0.518. The molecule has 1 aliphatic heterocycles. The molecule has 0 aromatic rings. The fourth-order valence-electron chi connectivity index (χ4n) is 0.560. The van der Waals surface area contributed by atoms with E-state index in [4.69, 9.17) is 0 Å². The van der Waals surface area contributed by atoms with Gasteiger partial charge in [-0.05, 0) is 0 Å². The van der Waals surface area contributed by atoms with E-state index >= 15 is 0 Å². The van der Waals surface area contributed by atoms with Crippen molar-refractivity contribution in [1.29, 1.82) is 0 Å². The minimum atomic E-state index is -0.814. The van der Waals surface area contributed by atoms with Crippen molar-refractivity contribution in [3.63, 3.8) is 0 Å². The molecule has 7 nitrogen and oxygen atoms in total. The molecule has 11 heavy (non-hydrogen) atoms. The summed E-state index contributed by atoms with van der Waals surface area (Å²) in [5, 5.41) is 12.0. The normalized spacial score (nSPS) is 20.1. The van der Waals surface area contributed by atoms with Crippen molar-refractivity contribution in [3.8, 4) is 0 Å². The van der Waals surface area contributed by atoms with Gasteiger partial charge in [0.2, 0.25) is 0 Å². The molecule has 0 amide bonds. The summed E-state index contributed by atoms with van der Waals surface area (Å²) in [6, 6.07) is -0.0509. The first-order valence-corrected chi connectivity index (χ1v) is 2.79. The van der Waals surface area contributed by atoms with Crippen LogP contribution in [0.15, 0.2) is 10.1 Å². The zero-order chi connectivity index (χ0) is 8.27. The summed E-state index contributed by atoms with van der Waals surface area (Å²) in [7, 11) is 1.60. The third-order valence-electron chi connectivity index (χ3n) is 1.02. The summed E-state index contributed by atoms with van der Waals surface area (Å²) in [6.07, 6.45) is 1.13. The quantitative estimate of drug-likeness (QED) is 0.380. The second-order valence-corrected chi connectivity index (χ2v) is 1.87. The van der Waals surface area contributed by atoms with E-state index in [-0.39, 0.29) is 6.02 Å². The molecule has 0 unspecified atom stereocenters. The number of nitro groups is 1. The van der Waals surface area contributed by atoms with Gasteiger partial charge in [0.25, 0.3) is 0 Å². The zero-order valence-corrected chi connectivity index (χ0v) is 5.80. The van der Waals surface area contributed by atoms with Crippen LogP contribution in [-0.4, -0.2) is 36.1 Å². The number of hydrazone groups is 1. The van der Waals surface area contributed by atoms with E-state index in [0.717, 1.165) is 6.40 Å². The van der Waals surface area contributed by atoms with E-state index in [2.05, 4.69) is 14.8 Å². The fraction of sp³-hybridized carbons (Fsp3) is 0.500. The van der Waals surface area contributed by atoms with E-state index in [1.807, 2.05) is 0 Å². The molecule has 0 aromatic heterocycles. The summed E-state index contributed by atoms with van der Waals surface area (Å²) >= 11 is 0. The number of rotatable bonds is 1. The van der Waals surface area contributed by atoms with Gasteiger partial charge in [-0.2, -0.15) is 0 Å². The molecule has 0 spiro atoms. The minimum absolute atomic E-state index is 0.0509. The van der Waals surface area contributed by atoms with Crippen molar-refractivity contribution < 1.29 is 9.77 Å². The van der Waals surface area contributed by atoms with Crippen molar-refractivity contribution in [2.24, 2.45) is 10.1 Å². The number of nitrogens with zero attached hydrogens (tertiary/aromatic N) is 4. The molecule has 0 fully saturated rings. The van der Waals surface area contributed by atoms with Crippen LogP contribution in [0.5, 0.6) is 0 Å². The third-order valence-corrected chi connectivity index (χ3v) is 1.02. The lowest BCUT2D eigenvalue weighted by molar-refractivity contribution is -0.486. The highest BCUT2D eigenvalue weighted by Gasteiger charge is 2.14. The highest BCUT2D eigenvalue weighted by Crippen LogP contribution is 1.95. The second-order valence-electron chi connectivity index (χ2n) is 1.87. The Morgan fingerprint density at radius 2 is 2.73 bits per heavy atom. The zero-order valence-electron chi connectivity index (χ0n) is 5.80. The minimum Gasteiger partial charge on any atom is -0.410 e. The third kappa shape index (κ3) is 1.88. The number of ether oxygens (including phenoxy) is 1. The average molecular weight is 158 g/mol. The highest BCUT2D eigenvalue weighted by atomic mass is 16.7. The fourth-order valence-corrected chi connectivity index (χ4v) is 0.560. The lowest BCUT2D eigenvalue weighted by atomic mass is 10.8. The number of aliphatic imine (C=N–C) groups is 1. The molecule has 1 heterocycles. The lowest BCUT2D eigenvalue weighted by Gasteiger charge is -2.17. The maximum Gasteiger partial charge on any atom is 0.369 e. The van der Waals surface area contributed by atoms with Crippen LogP contribution in [0.3, 0.4) is 0 Å². The molecule has 0 aromatic carbocycles. The molecular weight excluding hydrogens is 152 g/mol. The number of hydrogen-bond donors (Lipinski definition) is 0. The van der Waals surface area contributed by atoms with Crippen molar-refractivity contribution >= 4 is 12.4 Å². The van der Waals surface area contributed by atoms with Crippen LogP contribution in [0.1, 0.15) is 0 Å². The van der Waals surface area contributed by atoms with E-state index in [9.17, 15) is 10.1 Å². The average Bonchev–Trinajstić information content (AvgIpc) is 1.93. The molecule has 60 valence electrons. The molecule has 7 heteroatoms. The van der Waals surface area contributed by atoms with Crippen LogP contribution in [-0.2, 0) is 4.74 Å². The Kier molecular flexibility index (Phi) is 2.00. The summed E-state index contributed by atoms with van der Waals surface area (Å²) in [5.41, 5.74) is 0. The predicted molar refractivity (Wildman–Crippen MR) is 36.6 cm³/mol. The summed E-state index contributed by atoms with van der Waals surface area (Å²) in [6.45, 7) is 0.326. The van der Waals surface area contributed by atoms with Crippen molar-refractivity contribution in [2.45, 2.75) is 0 Å². The highest BCUT2D eigenvalue weighted by molar-refractivity contribution is 5.81. The van der Waals surface area contributed by atoms with Crippen LogP contribution in [0.4, 0.5) is 0 Å². The van der Waals surface area contributed by atoms with Crippen molar-refractivity contribution in [3.05, 3.63) is 10.1 Å². The second kappa shape index (κ2) is 2.95. The first kappa shape index (κ1) is 7.45. The van der Waals surface area contributed by atoms with Gasteiger partial charge in [0, 0.05) is 7.05 Å². The standard InChI is InChI=1S/C4H6N4O3/c1-7-2-5-3-11-4(7)6-8(9)10/h3H,2H2,1H3. The lowest BCUT2D eigenvalue weighted by Crippen LogP contribution is -2.33. The van der Waals surface area contributed by atoms with Gasteiger partial charge < -0.3 is 9.64 Å². The van der Waals surface area contributed by atoms with Crippen LogP contribution in [0, 0.1) is 10.1 Å². The molecule has 0 saturated carbocycles. The smallest absolute Gasteiger partial charge is 0.369 e. The maximum atomic E-state index is 9.88. The summed E-state index contributed by atoms with van der Waals surface area (Å²) in [5.74, 6) is 0. The first-order chi connectivity index (χ1) is 5.20. The van der Waals surface area contributed by atoms with Gasteiger partial charge in [-0.3, -0.25) is 0 Å². The molecular formula is C4H6N4O3. The monoisotopic (exact) mass is 158 g/mol. The van der Waals surface area contributed by atoms with Crippen molar-refractivity contribution in [1.82, 2.24) is 4.90 Å². The van der Waals surface area contributed by atoms with Gasteiger partial charge in [-0.25, -0.2) is 15.1 Å². The van der Waals surface area contributed by atoms with Gasteiger partial charge >= 0.3 is 6.02 Å². The van der Waals surface area contributed by atoms with Gasteiger partial charge in [0.15, 0.2) is 11.4 Å². The Hall–Kier alpha value is -1.66. The Labute approximate surface area is 62.1 Å². The maximum absolute atomic E-state index is 9.88. The van der Waals surface area contributed by atoms with Gasteiger partial charge in [-0.1, -0.05) is 0 Å². The van der Waals surface area contributed by atoms with Crippen molar-refractivity contribution in [2.75, 3.05) is 13.7 Å². The van der Waals surface area contributed by atoms with Crippen LogP contribution in [0.25, 0.3) is 0 Å². The van der Waals surface area contributed by atoms with Gasteiger partial charge in [-0.15, -0.1) is 0 Å². The molecule has 0 radical (unpaired) electrons. The largest absolute Gasteiger partial charge is 0.410 e. The molecule has 0 aliphatic carbocycles. The molecule has 1 aliphatic rings. The van der Waals surface area contributed by atoms with Crippen LogP contribution >= 0.6 is 0 Å². The molecule has 0 bridgehead atoms. The number of hydrogen-bond acceptors (Lipinski definition) is 4. The van der Waals surface area contributed by atoms with Crippen LogP contribution in [0.2, 0.25) is 0 Å². The van der Waals surface area contributed by atoms with E-state index in [1.165, 1.54) is 4.90 Å². The molecule has 1 rings (SSSR count). The molecule has 0 N–H and O–H groups in total.